The molecule has 0 aliphatic heterocycles. The zero-order chi connectivity index (χ0) is 17.6. The minimum Gasteiger partial charge on any atom is -0.0683 e. The van der Waals surface area contributed by atoms with Crippen molar-refractivity contribution in [3.8, 4) is 0 Å². The molecule has 0 spiro atoms. The molecule has 0 aromatic carbocycles. The molecule has 0 amide bonds. The Morgan fingerprint density at radius 1 is 0.727 bits per heavy atom. The fourth-order valence-corrected chi connectivity index (χ4v) is 3.56. The molecule has 0 nitrogen and oxygen atoms in total. The first-order chi connectivity index (χ1) is 10.3. The summed E-state index contributed by atoms with van der Waals surface area (Å²) < 4.78 is 0. The van der Waals surface area contributed by atoms with Gasteiger partial charge in [0.15, 0.2) is 0 Å². The number of rotatable bonds is 11. The highest BCUT2D eigenvalue weighted by Crippen LogP contribution is 2.38. The molecule has 0 rings (SSSR count). The van der Waals surface area contributed by atoms with Crippen LogP contribution in [0.2, 0.25) is 0 Å². The molecule has 0 N–H and O–H groups in total. The van der Waals surface area contributed by atoms with Crippen LogP contribution in [-0.4, -0.2) is 0 Å². The minimum absolute atomic E-state index is 0.469. The highest BCUT2D eigenvalue weighted by molar-refractivity contribution is 4.78. The van der Waals surface area contributed by atoms with E-state index in [-0.39, 0.29) is 0 Å². The van der Waals surface area contributed by atoms with E-state index < -0.39 is 0 Å². The Morgan fingerprint density at radius 3 is 1.73 bits per heavy atom. The normalized spacial score (nSPS) is 15.7. The van der Waals surface area contributed by atoms with Crippen LogP contribution in [0, 0.1) is 23.2 Å². The summed E-state index contributed by atoms with van der Waals surface area (Å²) in [7, 11) is 0. The van der Waals surface area contributed by atoms with Gasteiger partial charge in [0.25, 0.3) is 0 Å². The topological polar surface area (TPSA) is 0 Å². The van der Waals surface area contributed by atoms with Crippen molar-refractivity contribution < 1.29 is 0 Å². The van der Waals surface area contributed by atoms with Crippen LogP contribution in [0.1, 0.15) is 120 Å². The van der Waals surface area contributed by atoms with Crippen molar-refractivity contribution in [2.24, 2.45) is 23.2 Å². The van der Waals surface area contributed by atoms with Crippen LogP contribution in [-0.2, 0) is 0 Å². The van der Waals surface area contributed by atoms with Gasteiger partial charge >= 0.3 is 0 Å². The van der Waals surface area contributed by atoms with Crippen LogP contribution in [0.3, 0.4) is 0 Å². The summed E-state index contributed by atoms with van der Waals surface area (Å²) in [4.78, 5) is 0. The van der Waals surface area contributed by atoms with E-state index in [1.165, 1.54) is 57.8 Å². The molecule has 0 saturated heterocycles. The molecule has 0 fully saturated rings. The summed E-state index contributed by atoms with van der Waals surface area (Å²) in [6, 6.07) is 0. The second kappa shape index (κ2) is 14.6. The van der Waals surface area contributed by atoms with Gasteiger partial charge in [-0.1, -0.05) is 114 Å². The maximum absolute atomic E-state index is 2.47. The third-order valence-corrected chi connectivity index (χ3v) is 5.21. The van der Waals surface area contributed by atoms with Gasteiger partial charge in [0.05, 0.1) is 0 Å². The fraction of sp³-hybridized carbons (Fsp3) is 1.00. The van der Waals surface area contributed by atoms with Crippen molar-refractivity contribution in [2.75, 3.05) is 0 Å². The van der Waals surface area contributed by atoms with E-state index >= 15 is 0 Å². The molecule has 0 aromatic heterocycles. The summed E-state index contributed by atoms with van der Waals surface area (Å²) in [6.45, 7) is 20.9. The lowest BCUT2D eigenvalue weighted by atomic mass is 9.70. The Balaban J connectivity index is 0. The molecule has 0 saturated carbocycles. The van der Waals surface area contributed by atoms with Crippen LogP contribution < -0.4 is 0 Å². The van der Waals surface area contributed by atoms with E-state index in [4.69, 9.17) is 0 Å². The third-order valence-electron chi connectivity index (χ3n) is 5.21. The monoisotopic (exact) mass is 312 g/mol. The number of unbranched alkanes of at least 4 members (excludes halogenated alkanes) is 4. The first-order valence-electron chi connectivity index (χ1n) is 10.3. The Morgan fingerprint density at radius 2 is 1.27 bits per heavy atom. The molecule has 136 valence electrons. The van der Waals surface area contributed by atoms with Crippen molar-refractivity contribution in [1.82, 2.24) is 0 Å². The van der Waals surface area contributed by atoms with E-state index in [9.17, 15) is 0 Å². The lowest BCUT2D eigenvalue weighted by molar-refractivity contribution is 0.142. The molecule has 0 heterocycles. The van der Waals surface area contributed by atoms with Gasteiger partial charge in [-0.3, -0.25) is 0 Å². The van der Waals surface area contributed by atoms with Gasteiger partial charge in [-0.15, -0.1) is 0 Å². The average molecular weight is 313 g/mol. The smallest absolute Gasteiger partial charge is 0.0340 e. The average Bonchev–Trinajstić information content (AvgIpc) is 2.47. The molecule has 0 bridgehead atoms. The van der Waals surface area contributed by atoms with E-state index in [0.717, 1.165) is 17.8 Å². The van der Waals surface area contributed by atoms with Gasteiger partial charge in [-0.2, -0.15) is 0 Å². The standard InChI is InChI=1S/C20H42.C2H6/c1-8-10-11-12-13-14-17(3)15-16-19(18(4)9-2)20(5,6)7;1-2/h17-19H,8-16H2,1-7H3;1-2H3. The second-order valence-corrected chi connectivity index (χ2v) is 8.24. The summed E-state index contributed by atoms with van der Waals surface area (Å²) in [5, 5.41) is 0. The predicted octanol–water partition coefficient (Wildman–Crippen LogP) is 8.50. The Kier molecular flexibility index (Phi) is 16.1. The van der Waals surface area contributed by atoms with Crippen LogP contribution in [0.25, 0.3) is 0 Å². The Hall–Kier alpha value is 0. The second-order valence-electron chi connectivity index (χ2n) is 8.24. The lowest BCUT2D eigenvalue weighted by Gasteiger charge is -2.36. The van der Waals surface area contributed by atoms with E-state index in [0.29, 0.717) is 5.41 Å². The first kappa shape index (κ1) is 24.3. The maximum atomic E-state index is 2.47. The maximum Gasteiger partial charge on any atom is -0.0340 e. The van der Waals surface area contributed by atoms with Gasteiger partial charge in [-0.05, 0) is 29.6 Å². The van der Waals surface area contributed by atoms with Crippen molar-refractivity contribution in [3.05, 3.63) is 0 Å². The summed E-state index contributed by atoms with van der Waals surface area (Å²) in [6.07, 6.45) is 12.8. The molecule has 22 heavy (non-hydrogen) atoms. The molecule has 0 aliphatic carbocycles. The van der Waals surface area contributed by atoms with Crippen molar-refractivity contribution in [2.45, 2.75) is 120 Å². The summed E-state index contributed by atoms with van der Waals surface area (Å²) in [5.74, 6) is 2.67. The van der Waals surface area contributed by atoms with Gasteiger partial charge in [0, 0.05) is 0 Å². The molecule has 0 heteroatoms. The Labute approximate surface area is 143 Å². The molecule has 0 radical (unpaired) electrons. The highest BCUT2D eigenvalue weighted by atomic mass is 14.3. The van der Waals surface area contributed by atoms with Crippen molar-refractivity contribution >= 4 is 0 Å². The molecular weight excluding hydrogens is 264 g/mol. The van der Waals surface area contributed by atoms with E-state index in [2.05, 4.69) is 48.5 Å². The number of hydrogen-bond donors (Lipinski definition) is 0. The van der Waals surface area contributed by atoms with Crippen LogP contribution in [0.4, 0.5) is 0 Å². The third kappa shape index (κ3) is 12.5. The van der Waals surface area contributed by atoms with Crippen molar-refractivity contribution in [3.63, 3.8) is 0 Å². The van der Waals surface area contributed by atoms with Gasteiger partial charge in [-0.25, -0.2) is 0 Å². The fourth-order valence-electron chi connectivity index (χ4n) is 3.56. The first-order valence-corrected chi connectivity index (χ1v) is 10.3. The largest absolute Gasteiger partial charge is 0.0683 e. The summed E-state index contributed by atoms with van der Waals surface area (Å²) >= 11 is 0. The molecule has 0 aliphatic rings. The van der Waals surface area contributed by atoms with E-state index in [1.807, 2.05) is 13.8 Å². The zero-order valence-electron chi connectivity index (χ0n) is 17.6. The van der Waals surface area contributed by atoms with Gasteiger partial charge in [0.1, 0.15) is 0 Å². The summed E-state index contributed by atoms with van der Waals surface area (Å²) in [5.41, 5.74) is 0.469. The molecular formula is C22H48. The predicted molar refractivity (Wildman–Crippen MR) is 106 cm³/mol. The van der Waals surface area contributed by atoms with Crippen molar-refractivity contribution in [1.29, 1.82) is 0 Å². The highest BCUT2D eigenvalue weighted by Gasteiger charge is 2.28. The molecule has 3 atom stereocenters. The molecule has 3 unspecified atom stereocenters. The number of hydrogen-bond acceptors (Lipinski definition) is 0. The van der Waals surface area contributed by atoms with E-state index in [1.54, 1.807) is 0 Å². The molecule has 0 aromatic rings. The lowest BCUT2D eigenvalue weighted by Crippen LogP contribution is -2.27. The van der Waals surface area contributed by atoms with Crippen LogP contribution >= 0.6 is 0 Å². The quantitative estimate of drug-likeness (QED) is 0.335. The van der Waals surface area contributed by atoms with Crippen LogP contribution in [0.5, 0.6) is 0 Å². The van der Waals surface area contributed by atoms with Gasteiger partial charge in [0.2, 0.25) is 0 Å². The SMILES string of the molecule is CC.CCCCCCCC(C)CCC(C(C)CC)C(C)(C)C. The Bertz CT molecular complexity index is 211. The van der Waals surface area contributed by atoms with Crippen LogP contribution in [0.15, 0.2) is 0 Å². The minimum atomic E-state index is 0.469. The van der Waals surface area contributed by atoms with Gasteiger partial charge < -0.3 is 0 Å². The zero-order valence-corrected chi connectivity index (χ0v) is 17.6.